The van der Waals surface area contributed by atoms with Gasteiger partial charge in [0.2, 0.25) is 5.91 Å². The molecule has 0 radical (unpaired) electrons. The maximum absolute atomic E-state index is 12.2. The fourth-order valence-electron chi connectivity index (χ4n) is 1.75. The molecule has 6 heteroatoms. The number of hydrogen-bond donors (Lipinski definition) is 3. The van der Waals surface area contributed by atoms with Crippen LogP contribution in [0.4, 0.5) is 0 Å². The number of nitrogens with zero attached hydrogens (tertiary/aromatic N) is 1. The molecule has 1 aliphatic rings. The van der Waals surface area contributed by atoms with Crippen LogP contribution in [0, 0.1) is 5.41 Å². The zero-order valence-electron chi connectivity index (χ0n) is 10.6. The summed E-state index contributed by atoms with van der Waals surface area (Å²) >= 11 is 0. The highest BCUT2D eigenvalue weighted by Gasteiger charge is 2.41. The Kier molecular flexibility index (Phi) is 3.98. The zero-order chi connectivity index (χ0) is 13.1. The molecule has 0 aromatic carbocycles. The van der Waals surface area contributed by atoms with Gasteiger partial charge in [0.25, 0.3) is 0 Å². The molecule has 17 heavy (non-hydrogen) atoms. The Hall–Kier alpha value is -1.30. The Morgan fingerprint density at radius 3 is 2.76 bits per heavy atom. The van der Waals surface area contributed by atoms with E-state index in [0.717, 1.165) is 6.42 Å². The minimum absolute atomic E-state index is 0.0694. The number of nitrogens with two attached hydrogens (primary N) is 1. The number of oxime groups is 1. The standard InChI is InChI=1S/C11H21N3O3/c1-4-11(3,8(12)14-16)9(15)13-10(2)5-6-17-7-10/h16H,4-7H2,1-3H3,(H2,12,14)(H,13,15). The number of carbonyl (C=O) groups excluding carboxylic acids is 1. The van der Waals surface area contributed by atoms with Gasteiger partial charge < -0.3 is 21.0 Å². The molecule has 1 saturated heterocycles. The van der Waals surface area contributed by atoms with Crippen molar-refractivity contribution in [2.75, 3.05) is 13.2 Å². The largest absolute Gasteiger partial charge is 0.409 e. The van der Waals surface area contributed by atoms with Crippen molar-refractivity contribution in [2.24, 2.45) is 16.3 Å². The molecule has 4 N–H and O–H groups in total. The Morgan fingerprint density at radius 2 is 2.35 bits per heavy atom. The van der Waals surface area contributed by atoms with E-state index in [0.29, 0.717) is 19.6 Å². The average molecular weight is 243 g/mol. The molecule has 0 aromatic heterocycles. The van der Waals surface area contributed by atoms with Crippen LogP contribution in [0.3, 0.4) is 0 Å². The van der Waals surface area contributed by atoms with Gasteiger partial charge in [0.05, 0.1) is 12.1 Å². The Labute approximate surface area is 101 Å². The van der Waals surface area contributed by atoms with Crippen LogP contribution in [0.25, 0.3) is 0 Å². The van der Waals surface area contributed by atoms with Gasteiger partial charge in [-0.05, 0) is 26.7 Å². The molecule has 2 atom stereocenters. The molecule has 0 saturated carbocycles. The van der Waals surface area contributed by atoms with Gasteiger partial charge in [-0.1, -0.05) is 12.1 Å². The maximum atomic E-state index is 12.2. The highest BCUT2D eigenvalue weighted by atomic mass is 16.5. The molecule has 0 bridgehead atoms. The molecule has 1 amide bonds. The summed E-state index contributed by atoms with van der Waals surface area (Å²) in [4.78, 5) is 12.2. The van der Waals surface area contributed by atoms with Crippen LogP contribution in [-0.2, 0) is 9.53 Å². The van der Waals surface area contributed by atoms with Crippen molar-refractivity contribution in [2.45, 2.75) is 39.2 Å². The van der Waals surface area contributed by atoms with Gasteiger partial charge in [-0.2, -0.15) is 0 Å². The summed E-state index contributed by atoms with van der Waals surface area (Å²) in [6.45, 7) is 6.56. The molecule has 0 aromatic rings. The van der Waals surface area contributed by atoms with Gasteiger partial charge >= 0.3 is 0 Å². The number of hydrogen-bond acceptors (Lipinski definition) is 4. The molecule has 1 rings (SSSR count). The van der Waals surface area contributed by atoms with Crippen LogP contribution >= 0.6 is 0 Å². The summed E-state index contributed by atoms with van der Waals surface area (Å²) in [5, 5.41) is 14.6. The first-order valence-corrected chi connectivity index (χ1v) is 5.76. The molecular weight excluding hydrogens is 222 g/mol. The molecule has 1 aliphatic heterocycles. The van der Waals surface area contributed by atoms with Crippen LogP contribution in [0.5, 0.6) is 0 Å². The summed E-state index contributed by atoms with van der Waals surface area (Å²) < 4.78 is 5.27. The van der Waals surface area contributed by atoms with E-state index < -0.39 is 5.41 Å². The minimum atomic E-state index is -0.986. The molecule has 6 nitrogen and oxygen atoms in total. The summed E-state index contributed by atoms with van der Waals surface area (Å²) in [5.74, 6) is -0.302. The topological polar surface area (TPSA) is 96.9 Å². The lowest BCUT2D eigenvalue weighted by molar-refractivity contribution is -0.129. The molecule has 2 unspecified atom stereocenters. The van der Waals surface area contributed by atoms with Gasteiger partial charge in [-0.3, -0.25) is 4.79 Å². The first kappa shape index (κ1) is 13.8. The van der Waals surface area contributed by atoms with E-state index in [9.17, 15) is 4.79 Å². The zero-order valence-corrected chi connectivity index (χ0v) is 10.6. The third-order valence-corrected chi connectivity index (χ3v) is 3.52. The average Bonchev–Trinajstić information content (AvgIpc) is 2.73. The van der Waals surface area contributed by atoms with Crippen LogP contribution in [0.15, 0.2) is 5.16 Å². The fourth-order valence-corrected chi connectivity index (χ4v) is 1.75. The van der Waals surface area contributed by atoms with Crippen molar-refractivity contribution in [3.63, 3.8) is 0 Å². The van der Waals surface area contributed by atoms with Gasteiger partial charge in [0.15, 0.2) is 5.84 Å². The van der Waals surface area contributed by atoms with E-state index in [1.165, 1.54) is 0 Å². The van der Waals surface area contributed by atoms with Crippen molar-refractivity contribution < 1.29 is 14.7 Å². The summed E-state index contributed by atoms with van der Waals surface area (Å²) in [6, 6.07) is 0. The second-order valence-electron chi connectivity index (χ2n) is 4.99. The van der Waals surface area contributed by atoms with Crippen LogP contribution in [0.1, 0.15) is 33.6 Å². The number of carbonyl (C=O) groups is 1. The SMILES string of the molecule is CCC(C)(C(=O)NC1(C)CCOC1)C(N)=NO. The summed E-state index contributed by atoms with van der Waals surface area (Å²) in [6.07, 6.45) is 1.24. The molecule has 98 valence electrons. The number of nitrogens with one attached hydrogen (secondary N) is 1. The highest BCUT2D eigenvalue weighted by molar-refractivity contribution is 6.06. The molecular formula is C11H21N3O3. The maximum Gasteiger partial charge on any atom is 0.234 e. The second-order valence-corrected chi connectivity index (χ2v) is 4.99. The Balaban J connectivity index is 2.80. The van der Waals surface area contributed by atoms with Crippen molar-refractivity contribution in [1.82, 2.24) is 5.32 Å². The van der Waals surface area contributed by atoms with Gasteiger partial charge in [0, 0.05) is 6.61 Å². The van der Waals surface area contributed by atoms with Crippen molar-refractivity contribution in [3.05, 3.63) is 0 Å². The lowest BCUT2D eigenvalue weighted by Gasteiger charge is -2.31. The van der Waals surface area contributed by atoms with E-state index in [1.54, 1.807) is 6.92 Å². The van der Waals surface area contributed by atoms with E-state index in [2.05, 4.69) is 10.5 Å². The molecule has 1 heterocycles. The molecule has 0 spiro atoms. The Bertz CT molecular complexity index is 324. The predicted octanol–water partition coefficient (Wildman–Crippen LogP) is 0.444. The van der Waals surface area contributed by atoms with E-state index in [-0.39, 0.29) is 17.3 Å². The number of amides is 1. The third kappa shape index (κ3) is 2.69. The number of ether oxygens (including phenoxy) is 1. The quantitative estimate of drug-likeness (QED) is 0.289. The minimum Gasteiger partial charge on any atom is -0.409 e. The lowest BCUT2D eigenvalue weighted by Crippen LogP contribution is -2.55. The van der Waals surface area contributed by atoms with Crippen molar-refractivity contribution >= 4 is 11.7 Å². The number of amidine groups is 1. The predicted molar refractivity (Wildman–Crippen MR) is 63.8 cm³/mol. The molecule has 0 aliphatic carbocycles. The van der Waals surface area contributed by atoms with E-state index in [4.69, 9.17) is 15.7 Å². The lowest BCUT2D eigenvalue weighted by atomic mass is 9.84. The number of rotatable bonds is 4. The van der Waals surface area contributed by atoms with Gasteiger partial charge in [-0.25, -0.2) is 0 Å². The van der Waals surface area contributed by atoms with Crippen molar-refractivity contribution in [3.8, 4) is 0 Å². The van der Waals surface area contributed by atoms with Crippen LogP contribution in [-0.4, -0.2) is 35.7 Å². The molecule has 1 fully saturated rings. The van der Waals surface area contributed by atoms with Gasteiger partial charge in [-0.15, -0.1) is 0 Å². The monoisotopic (exact) mass is 243 g/mol. The summed E-state index contributed by atoms with van der Waals surface area (Å²) in [7, 11) is 0. The van der Waals surface area contributed by atoms with E-state index >= 15 is 0 Å². The summed E-state index contributed by atoms with van der Waals surface area (Å²) in [5.41, 5.74) is 4.24. The first-order chi connectivity index (χ1) is 7.88. The van der Waals surface area contributed by atoms with E-state index in [1.807, 2.05) is 13.8 Å². The van der Waals surface area contributed by atoms with Gasteiger partial charge in [0.1, 0.15) is 5.41 Å². The first-order valence-electron chi connectivity index (χ1n) is 5.76. The van der Waals surface area contributed by atoms with Crippen LogP contribution < -0.4 is 11.1 Å². The fraction of sp³-hybridized carbons (Fsp3) is 0.818. The van der Waals surface area contributed by atoms with Crippen LogP contribution in [0.2, 0.25) is 0 Å². The van der Waals surface area contributed by atoms with Crippen molar-refractivity contribution in [1.29, 1.82) is 0 Å². The Morgan fingerprint density at radius 1 is 1.71 bits per heavy atom. The highest BCUT2D eigenvalue weighted by Crippen LogP contribution is 2.25. The normalized spacial score (nSPS) is 28.8. The second kappa shape index (κ2) is 4.91. The smallest absolute Gasteiger partial charge is 0.234 e. The third-order valence-electron chi connectivity index (χ3n) is 3.52.